The minimum absolute atomic E-state index is 0.148. The maximum atomic E-state index is 11.2. The van der Waals surface area contributed by atoms with Crippen molar-refractivity contribution in [1.29, 1.82) is 0 Å². The smallest absolute Gasteiger partial charge is 0.331 e. The number of carbonyl (C=O) groups is 2. The molecular weight excluding hydrogens is 265 g/mol. The molecule has 6 heteroatoms. The molecule has 1 atom stereocenters. The number of amides is 1. The first-order valence-corrected chi connectivity index (χ1v) is 5.52. The molecule has 1 rings (SSSR count). The van der Waals surface area contributed by atoms with Crippen LogP contribution in [0, 0.1) is 0 Å². The fraction of sp³-hybridized carbons (Fsp3) is 0.273. The maximum absolute atomic E-state index is 11.2. The summed E-state index contributed by atoms with van der Waals surface area (Å²) in [6.45, 7) is 1.29. The van der Waals surface area contributed by atoms with Gasteiger partial charge in [0.25, 0.3) is 0 Å². The summed E-state index contributed by atoms with van der Waals surface area (Å²) in [5, 5.41) is 9.57. The van der Waals surface area contributed by atoms with Crippen molar-refractivity contribution in [2.75, 3.05) is 7.05 Å². The number of carboxylic acids is 1. The lowest BCUT2D eigenvalue weighted by molar-refractivity contribution is -0.148. The van der Waals surface area contributed by atoms with Gasteiger partial charge in [-0.2, -0.15) is 0 Å². The molecule has 0 spiro atoms. The van der Waals surface area contributed by atoms with Crippen LogP contribution in [0.25, 0.3) is 0 Å². The molecule has 0 saturated carbocycles. The van der Waals surface area contributed by atoms with E-state index in [0.29, 0.717) is 5.56 Å². The van der Waals surface area contributed by atoms with Gasteiger partial charge < -0.3 is 10.0 Å². The van der Waals surface area contributed by atoms with E-state index < -0.39 is 12.0 Å². The van der Waals surface area contributed by atoms with Gasteiger partial charge in [-0.15, -0.1) is 0 Å². The number of hydrogen-bond donors (Lipinski definition) is 1. The molecule has 92 valence electrons. The molecule has 17 heavy (non-hydrogen) atoms. The standard InChI is InChI=1S/C11H11Cl2NO3/c1-6(15)14(2)10(11(16)17)7-4-3-5-8(12)9(7)13/h3-5,10H,1-2H3,(H,16,17). The summed E-state index contributed by atoms with van der Waals surface area (Å²) < 4.78 is 0. The molecule has 0 aliphatic heterocycles. The molecule has 0 aliphatic rings. The third-order valence-electron chi connectivity index (χ3n) is 2.39. The minimum Gasteiger partial charge on any atom is -0.479 e. The molecule has 1 amide bonds. The van der Waals surface area contributed by atoms with E-state index >= 15 is 0 Å². The molecule has 1 unspecified atom stereocenters. The third kappa shape index (κ3) is 2.90. The number of hydrogen-bond acceptors (Lipinski definition) is 2. The molecule has 0 aromatic heterocycles. The Hall–Kier alpha value is -1.26. The van der Waals surface area contributed by atoms with Gasteiger partial charge in [0.1, 0.15) is 0 Å². The van der Waals surface area contributed by atoms with Gasteiger partial charge in [0.2, 0.25) is 5.91 Å². The summed E-state index contributed by atoms with van der Waals surface area (Å²) in [6, 6.07) is 3.54. The highest BCUT2D eigenvalue weighted by Gasteiger charge is 2.28. The number of aliphatic carboxylic acids is 1. The largest absolute Gasteiger partial charge is 0.479 e. The highest BCUT2D eigenvalue weighted by molar-refractivity contribution is 6.42. The lowest BCUT2D eigenvalue weighted by atomic mass is 10.1. The molecule has 0 radical (unpaired) electrons. The second kappa shape index (κ2) is 5.38. The van der Waals surface area contributed by atoms with Crippen molar-refractivity contribution in [3.63, 3.8) is 0 Å². The van der Waals surface area contributed by atoms with E-state index in [4.69, 9.17) is 28.3 Å². The van der Waals surface area contributed by atoms with E-state index in [9.17, 15) is 9.59 Å². The average molecular weight is 276 g/mol. The monoisotopic (exact) mass is 275 g/mol. The number of halogens is 2. The van der Waals surface area contributed by atoms with E-state index in [-0.39, 0.29) is 16.0 Å². The Balaban J connectivity index is 3.28. The van der Waals surface area contributed by atoms with Gasteiger partial charge in [0.05, 0.1) is 10.0 Å². The Morgan fingerprint density at radius 2 is 1.94 bits per heavy atom. The first-order valence-electron chi connectivity index (χ1n) is 4.76. The van der Waals surface area contributed by atoms with E-state index in [1.807, 2.05) is 0 Å². The predicted octanol–water partition coefficient (Wildman–Crippen LogP) is 2.60. The molecule has 0 aliphatic carbocycles. The first-order chi connectivity index (χ1) is 7.86. The van der Waals surface area contributed by atoms with Gasteiger partial charge >= 0.3 is 5.97 Å². The zero-order valence-corrected chi connectivity index (χ0v) is 10.8. The van der Waals surface area contributed by atoms with Gasteiger partial charge in [0.15, 0.2) is 6.04 Å². The number of rotatable bonds is 3. The van der Waals surface area contributed by atoms with Gasteiger partial charge in [-0.1, -0.05) is 35.3 Å². The summed E-state index contributed by atoms with van der Waals surface area (Å²) >= 11 is 11.8. The van der Waals surface area contributed by atoms with E-state index in [2.05, 4.69) is 0 Å². The highest BCUT2D eigenvalue weighted by Crippen LogP contribution is 2.32. The summed E-state index contributed by atoms with van der Waals surface area (Å²) in [5.74, 6) is -1.53. The van der Waals surface area contributed by atoms with E-state index in [1.54, 1.807) is 12.1 Å². The second-order valence-electron chi connectivity index (χ2n) is 3.51. The van der Waals surface area contributed by atoms with Crippen molar-refractivity contribution in [3.8, 4) is 0 Å². The van der Waals surface area contributed by atoms with Gasteiger partial charge in [0, 0.05) is 19.5 Å². The zero-order chi connectivity index (χ0) is 13.2. The minimum atomic E-state index is -1.16. The van der Waals surface area contributed by atoms with E-state index in [0.717, 1.165) is 4.90 Å². The normalized spacial score (nSPS) is 12.0. The summed E-state index contributed by atoms with van der Waals surface area (Å²) in [5.41, 5.74) is 0.296. The van der Waals surface area contributed by atoms with Crippen LogP contribution in [0.2, 0.25) is 10.0 Å². The number of benzene rings is 1. The maximum Gasteiger partial charge on any atom is 0.331 e. The number of carbonyl (C=O) groups excluding carboxylic acids is 1. The van der Waals surface area contributed by atoms with E-state index in [1.165, 1.54) is 20.0 Å². The topological polar surface area (TPSA) is 57.6 Å². The molecule has 0 saturated heterocycles. The lowest BCUT2D eigenvalue weighted by Crippen LogP contribution is -2.34. The molecule has 0 fully saturated rings. The zero-order valence-electron chi connectivity index (χ0n) is 9.28. The van der Waals surface area contributed by atoms with Crippen molar-refractivity contribution in [1.82, 2.24) is 4.90 Å². The third-order valence-corrected chi connectivity index (χ3v) is 3.23. The Morgan fingerprint density at radius 1 is 1.35 bits per heavy atom. The molecule has 0 bridgehead atoms. The van der Waals surface area contributed by atoms with Crippen LogP contribution in [0.15, 0.2) is 18.2 Å². The molecule has 1 N–H and O–H groups in total. The second-order valence-corrected chi connectivity index (χ2v) is 4.30. The SMILES string of the molecule is CC(=O)N(C)C(C(=O)O)c1cccc(Cl)c1Cl. The predicted molar refractivity (Wildman–Crippen MR) is 65.3 cm³/mol. The van der Waals surface area contributed by atoms with Crippen LogP contribution < -0.4 is 0 Å². The van der Waals surface area contributed by atoms with Crippen molar-refractivity contribution in [2.45, 2.75) is 13.0 Å². The van der Waals surface area contributed by atoms with Crippen LogP contribution in [0.4, 0.5) is 0 Å². The fourth-order valence-corrected chi connectivity index (χ4v) is 1.83. The fourth-order valence-electron chi connectivity index (χ4n) is 1.42. The van der Waals surface area contributed by atoms with Crippen LogP contribution in [-0.4, -0.2) is 28.9 Å². The van der Waals surface area contributed by atoms with Crippen LogP contribution >= 0.6 is 23.2 Å². The van der Waals surface area contributed by atoms with Crippen LogP contribution in [0.1, 0.15) is 18.5 Å². The Bertz CT molecular complexity index is 462. The molecule has 4 nitrogen and oxygen atoms in total. The summed E-state index contributed by atoms with van der Waals surface area (Å²) in [6.07, 6.45) is 0. The van der Waals surface area contributed by atoms with Crippen LogP contribution in [0.5, 0.6) is 0 Å². The van der Waals surface area contributed by atoms with Crippen molar-refractivity contribution in [2.24, 2.45) is 0 Å². The lowest BCUT2D eigenvalue weighted by Gasteiger charge is -2.24. The average Bonchev–Trinajstić information content (AvgIpc) is 2.23. The highest BCUT2D eigenvalue weighted by atomic mass is 35.5. The van der Waals surface area contributed by atoms with Crippen molar-refractivity contribution < 1.29 is 14.7 Å². The first kappa shape index (κ1) is 13.8. The van der Waals surface area contributed by atoms with Crippen LogP contribution in [-0.2, 0) is 9.59 Å². The van der Waals surface area contributed by atoms with Gasteiger partial charge in [-0.25, -0.2) is 4.79 Å². The summed E-state index contributed by atoms with van der Waals surface area (Å²) in [7, 11) is 1.40. The van der Waals surface area contributed by atoms with Crippen LogP contribution in [0.3, 0.4) is 0 Å². The molecule has 1 aromatic carbocycles. The van der Waals surface area contributed by atoms with Gasteiger partial charge in [-0.05, 0) is 6.07 Å². The quantitative estimate of drug-likeness (QED) is 0.923. The number of likely N-dealkylation sites (N-methyl/N-ethyl adjacent to an activating group) is 1. The Kier molecular flexibility index (Phi) is 4.37. The number of nitrogens with zero attached hydrogens (tertiary/aromatic N) is 1. The van der Waals surface area contributed by atoms with Crippen molar-refractivity contribution in [3.05, 3.63) is 33.8 Å². The Labute approximate surface area is 109 Å². The van der Waals surface area contributed by atoms with Gasteiger partial charge in [-0.3, -0.25) is 4.79 Å². The Morgan fingerprint density at radius 3 is 2.41 bits per heavy atom. The molecule has 0 heterocycles. The molecular formula is C11H11Cl2NO3. The summed E-state index contributed by atoms with van der Waals surface area (Å²) in [4.78, 5) is 23.6. The molecule has 1 aromatic rings. The van der Waals surface area contributed by atoms with Crippen molar-refractivity contribution >= 4 is 35.1 Å². The number of carboxylic acid groups (broad SMARTS) is 1.